The molecule has 1 aromatic heterocycles. The van der Waals surface area contributed by atoms with Crippen LogP contribution < -0.4 is 10.1 Å². The Balaban J connectivity index is 1.96. The Kier molecular flexibility index (Phi) is 3.18. The monoisotopic (exact) mass is 291 g/mol. The fraction of sp³-hybridized carbons (Fsp3) is 0.267. The Labute approximate surface area is 121 Å². The lowest BCUT2D eigenvalue weighted by atomic mass is 10.0. The molecular weight excluding hydrogens is 278 g/mol. The van der Waals surface area contributed by atoms with Gasteiger partial charge in [0.2, 0.25) is 0 Å². The Morgan fingerprint density at radius 1 is 1.30 bits per heavy atom. The first-order valence-electron chi connectivity index (χ1n) is 6.32. The van der Waals surface area contributed by atoms with Gasteiger partial charge in [-0.1, -0.05) is 6.07 Å². The fourth-order valence-electron chi connectivity index (χ4n) is 2.34. The van der Waals surface area contributed by atoms with Crippen molar-refractivity contribution in [1.82, 2.24) is 0 Å². The number of ether oxygens (including phenoxy) is 1. The lowest BCUT2D eigenvalue weighted by Gasteiger charge is -2.19. The molecule has 0 radical (unpaired) electrons. The number of anilines is 1. The standard InChI is InChI=1S/C15H14ClNO3/c1-8-5-11(9(2)20-8)15(16)10-3-4-13-12(6-10)17-14(18)7-19-13/h3-6,15H,7H2,1-2H3,(H,17,18). The summed E-state index contributed by atoms with van der Waals surface area (Å²) in [6.45, 7) is 3.83. The Bertz CT molecular complexity index is 678. The van der Waals surface area contributed by atoms with E-state index in [1.54, 1.807) is 0 Å². The highest BCUT2D eigenvalue weighted by molar-refractivity contribution is 6.22. The van der Waals surface area contributed by atoms with E-state index in [9.17, 15) is 4.79 Å². The average Bonchev–Trinajstić information content (AvgIpc) is 2.76. The maximum Gasteiger partial charge on any atom is 0.262 e. The molecule has 1 atom stereocenters. The van der Waals surface area contributed by atoms with Gasteiger partial charge in [0, 0.05) is 5.56 Å². The Morgan fingerprint density at radius 2 is 2.10 bits per heavy atom. The quantitative estimate of drug-likeness (QED) is 0.861. The number of furan rings is 1. The van der Waals surface area contributed by atoms with Crippen molar-refractivity contribution in [3.05, 3.63) is 46.9 Å². The number of aryl methyl sites for hydroxylation is 2. The summed E-state index contributed by atoms with van der Waals surface area (Å²) in [5.41, 5.74) is 2.48. The van der Waals surface area contributed by atoms with Gasteiger partial charge < -0.3 is 14.5 Å². The van der Waals surface area contributed by atoms with E-state index in [1.807, 2.05) is 38.1 Å². The molecule has 0 bridgehead atoms. The third-order valence-electron chi connectivity index (χ3n) is 3.28. The van der Waals surface area contributed by atoms with Gasteiger partial charge in [-0.05, 0) is 37.6 Å². The minimum Gasteiger partial charge on any atom is -0.482 e. The minimum atomic E-state index is -0.323. The van der Waals surface area contributed by atoms with E-state index in [0.717, 1.165) is 22.6 Å². The second-order valence-corrected chi connectivity index (χ2v) is 5.26. The molecule has 1 unspecified atom stereocenters. The average molecular weight is 292 g/mol. The zero-order chi connectivity index (χ0) is 14.3. The molecule has 0 saturated carbocycles. The van der Waals surface area contributed by atoms with Crippen LogP contribution in [0.15, 0.2) is 28.7 Å². The van der Waals surface area contributed by atoms with Crippen molar-refractivity contribution in [3.63, 3.8) is 0 Å². The molecule has 2 aromatic rings. The molecule has 0 aliphatic carbocycles. The Hall–Kier alpha value is -1.94. The van der Waals surface area contributed by atoms with E-state index in [4.69, 9.17) is 20.8 Å². The van der Waals surface area contributed by atoms with Crippen LogP contribution in [0.1, 0.15) is 28.0 Å². The van der Waals surface area contributed by atoms with Crippen molar-refractivity contribution in [1.29, 1.82) is 0 Å². The van der Waals surface area contributed by atoms with E-state index in [0.29, 0.717) is 11.4 Å². The van der Waals surface area contributed by atoms with Gasteiger partial charge in [0.25, 0.3) is 5.91 Å². The molecule has 1 aliphatic heterocycles. The Morgan fingerprint density at radius 3 is 2.80 bits per heavy atom. The summed E-state index contributed by atoms with van der Waals surface area (Å²) in [5, 5.41) is 2.46. The zero-order valence-electron chi connectivity index (χ0n) is 11.2. The molecule has 1 aromatic carbocycles. The van der Waals surface area contributed by atoms with Crippen molar-refractivity contribution < 1.29 is 13.9 Å². The van der Waals surface area contributed by atoms with E-state index in [2.05, 4.69) is 5.32 Å². The number of hydrogen-bond acceptors (Lipinski definition) is 3. The topological polar surface area (TPSA) is 51.5 Å². The van der Waals surface area contributed by atoms with Crippen LogP contribution in [0.25, 0.3) is 0 Å². The molecule has 3 rings (SSSR count). The first kappa shape index (κ1) is 13.1. The number of nitrogens with one attached hydrogen (secondary N) is 1. The molecule has 0 fully saturated rings. The van der Waals surface area contributed by atoms with Gasteiger partial charge in [0.1, 0.15) is 17.3 Å². The predicted molar refractivity (Wildman–Crippen MR) is 76.4 cm³/mol. The van der Waals surface area contributed by atoms with Crippen LogP contribution in [0.2, 0.25) is 0 Å². The normalized spacial score (nSPS) is 15.2. The summed E-state index contributed by atoms with van der Waals surface area (Å²) in [6, 6.07) is 7.49. The van der Waals surface area contributed by atoms with E-state index < -0.39 is 0 Å². The van der Waals surface area contributed by atoms with Gasteiger partial charge in [0.15, 0.2) is 6.61 Å². The number of carbonyl (C=O) groups is 1. The summed E-state index contributed by atoms with van der Waals surface area (Å²) >= 11 is 6.52. The molecule has 1 amide bonds. The van der Waals surface area contributed by atoms with Crippen molar-refractivity contribution >= 4 is 23.2 Å². The summed E-state index contributed by atoms with van der Waals surface area (Å²) in [4.78, 5) is 11.4. The number of amides is 1. The lowest BCUT2D eigenvalue weighted by Crippen LogP contribution is -2.25. The van der Waals surface area contributed by atoms with Gasteiger partial charge >= 0.3 is 0 Å². The molecule has 0 saturated heterocycles. The number of carbonyl (C=O) groups excluding carboxylic acids is 1. The van der Waals surface area contributed by atoms with Crippen molar-refractivity contribution in [2.45, 2.75) is 19.2 Å². The summed E-state index contributed by atoms with van der Waals surface area (Å²) in [7, 11) is 0. The van der Waals surface area contributed by atoms with Crippen molar-refractivity contribution in [2.75, 3.05) is 11.9 Å². The third-order valence-corrected chi connectivity index (χ3v) is 3.77. The molecule has 20 heavy (non-hydrogen) atoms. The lowest BCUT2D eigenvalue weighted by molar-refractivity contribution is -0.118. The molecule has 0 spiro atoms. The predicted octanol–water partition coefficient (Wildman–Crippen LogP) is 3.56. The second kappa shape index (κ2) is 4.87. The summed E-state index contributed by atoms with van der Waals surface area (Å²) < 4.78 is 10.8. The van der Waals surface area contributed by atoms with Gasteiger partial charge in [-0.2, -0.15) is 0 Å². The molecule has 2 heterocycles. The van der Waals surface area contributed by atoms with Gasteiger partial charge in [-0.15, -0.1) is 11.6 Å². The molecule has 104 valence electrons. The largest absolute Gasteiger partial charge is 0.482 e. The summed E-state index contributed by atoms with van der Waals surface area (Å²) in [5.74, 6) is 2.15. The number of fused-ring (bicyclic) bond motifs is 1. The van der Waals surface area contributed by atoms with Gasteiger partial charge in [-0.25, -0.2) is 0 Å². The van der Waals surface area contributed by atoms with Crippen LogP contribution in [0.4, 0.5) is 5.69 Å². The maximum absolute atomic E-state index is 11.4. The fourth-order valence-corrected chi connectivity index (χ4v) is 2.69. The first-order valence-corrected chi connectivity index (χ1v) is 6.76. The van der Waals surface area contributed by atoms with Crippen molar-refractivity contribution in [2.24, 2.45) is 0 Å². The number of benzene rings is 1. The number of rotatable bonds is 2. The number of hydrogen-bond donors (Lipinski definition) is 1. The maximum atomic E-state index is 11.4. The molecule has 5 heteroatoms. The molecular formula is C15H14ClNO3. The van der Waals surface area contributed by atoms with Crippen LogP contribution in [-0.4, -0.2) is 12.5 Å². The first-order chi connectivity index (χ1) is 9.54. The van der Waals surface area contributed by atoms with Crippen LogP contribution in [0.5, 0.6) is 5.75 Å². The molecule has 4 nitrogen and oxygen atoms in total. The van der Waals surface area contributed by atoms with Crippen LogP contribution in [0, 0.1) is 13.8 Å². The minimum absolute atomic E-state index is 0.0523. The van der Waals surface area contributed by atoms with Crippen LogP contribution in [0.3, 0.4) is 0 Å². The van der Waals surface area contributed by atoms with Gasteiger partial charge in [-0.3, -0.25) is 4.79 Å². The van der Waals surface area contributed by atoms with E-state index >= 15 is 0 Å². The highest BCUT2D eigenvalue weighted by atomic mass is 35.5. The second-order valence-electron chi connectivity index (χ2n) is 4.82. The number of halogens is 1. The van der Waals surface area contributed by atoms with Gasteiger partial charge in [0.05, 0.1) is 11.1 Å². The van der Waals surface area contributed by atoms with Crippen LogP contribution in [-0.2, 0) is 4.79 Å². The highest BCUT2D eigenvalue weighted by Crippen LogP contribution is 2.37. The van der Waals surface area contributed by atoms with E-state index in [-0.39, 0.29) is 17.9 Å². The smallest absolute Gasteiger partial charge is 0.262 e. The van der Waals surface area contributed by atoms with Crippen molar-refractivity contribution in [3.8, 4) is 5.75 Å². The van der Waals surface area contributed by atoms with E-state index in [1.165, 1.54) is 0 Å². The molecule has 1 aliphatic rings. The highest BCUT2D eigenvalue weighted by Gasteiger charge is 2.21. The zero-order valence-corrected chi connectivity index (χ0v) is 12.0. The van der Waals surface area contributed by atoms with Crippen LogP contribution >= 0.6 is 11.6 Å². The molecule has 1 N–H and O–H groups in total. The summed E-state index contributed by atoms with van der Waals surface area (Å²) in [6.07, 6.45) is 0. The number of alkyl halides is 1. The third kappa shape index (κ3) is 2.27. The SMILES string of the molecule is Cc1cc(C(Cl)c2ccc3c(c2)NC(=O)CO3)c(C)o1.